The van der Waals surface area contributed by atoms with Crippen LogP contribution in [-0.2, 0) is 0 Å². The van der Waals surface area contributed by atoms with Gasteiger partial charge >= 0.3 is 5.69 Å². The van der Waals surface area contributed by atoms with E-state index >= 15 is 0 Å². The Hall–Kier alpha value is -0.880. The first-order valence-electron chi connectivity index (χ1n) is 4.32. The molecule has 1 unspecified atom stereocenters. The van der Waals surface area contributed by atoms with Crippen LogP contribution >= 0.6 is 27.5 Å². The summed E-state index contributed by atoms with van der Waals surface area (Å²) in [6.07, 6.45) is -0.349. The summed E-state index contributed by atoms with van der Waals surface area (Å²) in [5.74, 6) is -0.984. The first kappa shape index (κ1) is 13.2. The molecule has 1 aromatic carbocycles. The number of benzene rings is 1. The third kappa shape index (κ3) is 2.82. The van der Waals surface area contributed by atoms with Gasteiger partial charge in [0.05, 0.1) is 4.92 Å². The van der Waals surface area contributed by atoms with Gasteiger partial charge in [-0.3, -0.25) is 10.1 Å². The Morgan fingerprint density at radius 2 is 2.31 bits per heavy atom. The highest BCUT2D eigenvalue weighted by atomic mass is 79.9. The normalized spacial score (nSPS) is 12.2. The Bertz CT molecular complexity index is 416. The van der Waals surface area contributed by atoms with E-state index in [0.29, 0.717) is 5.33 Å². The summed E-state index contributed by atoms with van der Waals surface area (Å²) >= 11 is 8.77. The molecule has 0 spiro atoms. The third-order valence-electron chi connectivity index (χ3n) is 1.76. The van der Waals surface area contributed by atoms with Crippen LogP contribution in [0.1, 0.15) is 6.92 Å². The lowest BCUT2D eigenvalue weighted by atomic mass is 10.3. The average molecular weight is 313 g/mol. The van der Waals surface area contributed by atoms with E-state index in [1.165, 1.54) is 0 Å². The van der Waals surface area contributed by atoms with Crippen molar-refractivity contribution in [3.05, 3.63) is 33.1 Å². The van der Waals surface area contributed by atoms with E-state index in [1.54, 1.807) is 6.92 Å². The molecule has 0 aliphatic heterocycles. The zero-order valence-corrected chi connectivity index (χ0v) is 10.6. The predicted octanol–water partition coefficient (Wildman–Crippen LogP) is 3.55. The van der Waals surface area contributed by atoms with Gasteiger partial charge in [-0.05, 0) is 13.0 Å². The summed E-state index contributed by atoms with van der Waals surface area (Å²) in [4.78, 5) is 10.0. The predicted molar refractivity (Wildman–Crippen MR) is 61.9 cm³/mol. The third-order valence-corrected chi connectivity index (χ3v) is 3.03. The molecule has 0 saturated heterocycles. The summed E-state index contributed by atoms with van der Waals surface area (Å²) in [6, 6.07) is 1.96. The molecule has 1 aromatic rings. The fourth-order valence-electron chi connectivity index (χ4n) is 1.01. The summed E-state index contributed by atoms with van der Waals surface area (Å²) in [5.41, 5.74) is -0.348. The quantitative estimate of drug-likeness (QED) is 0.485. The van der Waals surface area contributed by atoms with Crippen molar-refractivity contribution < 1.29 is 14.1 Å². The summed E-state index contributed by atoms with van der Waals surface area (Å²) in [7, 11) is 0. The van der Waals surface area contributed by atoms with Gasteiger partial charge in [0, 0.05) is 11.4 Å². The molecular formula is C9H8BrClFNO3. The molecule has 1 atom stereocenters. The van der Waals surface area contributed by atoms with Crippen molar-refractivity contribution in [1.29, 1.82) is 0 Å². The van der Waals surface area contributed by atoms with Gasteiger partial charge in [-0.2, -0.15) is 0 Å². The van der Waals surface area contributed by atoms with E-state index in [0.717, 1.165) is 12.1 Å². The maximum absolute atomic E-state index is 13.1. The lowest BCUT2D eigenvalue weighted by Crippen LogP contribution is -2.14. The Morgan fingerprint density at radius 1 is 1.69 bits per heavy atom. The first-order chi connectivity index (χ1) is 7.47. The molecule has 0 N–H and O–H groups in total. The lowest BCUT2D eigenvalue weighted by Gasteiger charge is -2.13. The molecule has 0 aliphatic rings. The fraction of sp³-hybridized carbons (Fsp3) is 0.333. The van der Waals surface area contributed by atoms with Gasteiger partial charge in [0.1, 0.15) is 16.9 Å². The molecule has 0 amide bonds. The zero-order valence-electron chi connectivity index (χ0n) is 8.25. The molecule has 88 valence electrons. The minimum Gasteiger partial charge on any atom is -0.482 e. The molecule has 0 aromatic heterocycles. The minimum atomic E-state index is -0.746. The number of nitro groups is 1. The van der Waals surface area contributed by atoms with Crippen LogP contribution in [0, 0.1) is 15.9 Å². The molecule has 0 bridgehead atoms. The van der Waals surface area contributed by atoms with E-state index in [1.807, 2.05) is 0 Å². The van der Waals surface area contributed by atoms with E-state index in [-0.39, 0.29) is 22.6 Å². The second-order valence-electron chi connectivity index (χ2n) is 3.05. The van der Waals surface area contributed by atoms with Crippen LogP contribution in [0.5, 0.6) is 5.75 Å². The molecule has 1 rings (SSSR count). The summed E-state index contributed by atoms with van der Waals surface area (Å²) < 4.78 is 18.3. The molecule has 0 radical (unpaired) electrons. The number of halogens is 3. The molecule has 0 aliphatic carbocycles. The SMILES string of the molecule is CC(CBr)Oc1c([N+](=O)[O-])ccc(F)c1Cl. The maximum Gasteiger partial charge on any atom is 0.312 e. The highest BCUT2D eigenvalue weighted by molar-refractivity contribution is 9.09. The topological polar surface area (TPSA) is 52.4 Å². The zero-order chi connectivity index (χ0) is 12.3. The largest absolute Gasteiger partial charge is 0.482 e. The van der Waals surface area contributed by atoms with E-state index < -0.39 is 10.7 Å². The van der Waals surface area contributed by atoms with Crippen molar-refractivity contribution in [2.24, 2.45) is 0 Å². The van der Waals surface area contributed by atoms with Crippen molar-refractivity contribution in [2.75, 3.05) is 5.33 Å². The van der Waals surface area contributed by atoms with Crippen LogP contribution < -0.4 is 4.74 Å². The highest BCUT2D eigenvalue weighted by Crippen LogP contribution is 2.37. The van der Waals surface area contributed by atoms with Crippen LogP contribution in [0.2, 0.25) is 5.02 Å². The monoisotopic (exact) mass is 311 g/mol. The van der Waals surface area contributed by atoms with Crippen LogP contribution in [0.25, 0.3) is 0 Å². The Labute approximate surface area is 105 Å². The van der Waals surface area contributed by atoms with E-state index in [4.69, 9.17) is 16.3 Å². The van der Waals surface area contributed by atoms with Crippen LogP contribution in [0.4, 0.5) is 10.1 Å². The van der Waals surface area contributed by atoms with Crippen molar-refractivity contribution in [3.63, 3.8) is 0 Å². The average Bonchev–Trinajstić information content (AvgIpc) is 2.24. The van der Waals surface area contributed by atoms with Gasteiger partial charge in [0.2, 0.25) is 5.75 Å². The number of nitro benzene ring substituents is 1. The molecule has 0 fully saturated rings. The van der Waals surface area contributed by atoms with Crippen molar-refractivity contribution in [1.82, 2.24) is 0 Å². The number of hydrogen-bond acceptors (Lipinski definition) is 3. The fourth-order valence-corrected chi connectivity index (χ4v) is 1.35. The Balaban J connectivity index is 3.21. The van der Waals surface area contributed by atoms with E-state index in [2.05, 4.69) is 15.9 Å². The van der Waals surface area contributed by atoms with Gasteiger partial charge in [-0.15, -0.1) is 0 Å². The number of ether oxygens (including phenoxy) is 1. The van der Waals surface area contributed by atoms with Crippen LogP contribution in [-0.4, -0.2) is 16.4 Å². The number of nitrogens with zero attached hydrogens (tertiary/aromatic N) is 1. The number of rotatable bonds is 4. The number of alkyl halides is 1. The van der Waals surface area contributed by atoms with Crippen molar-refractivity contribution >= 4 is 33.2 Å². The second kappa shape index (κ2) is 5.45. The van der Waals surface area contributed by atoms with Crippen molar-refractivity contribution in [2.45, 2.75) is 13.0 Å². The Morgan fingerprint density at radius 3 is 2.81 bits per heavy atom. The smallest absolute Gasteiger partial charge is 0.312 e. The maximum atomic E-state index is 13.1. The van der Waals surface area contributed by atoms with Gasteiger partial charge in [-0.25, -0.2) is 4.39 Å². The molecule has 4 nitrogen and oxygen atoms in total. The minimum absolute atomic E-state index is 0.237. The van der Waals surface area contributed by atoms with E-state index in [9.17, 15) is 14.5 Å². The molecule has 7 heteroatoms. The van der Waals surface area contributed by atoms with Crippen LogP contribution in [0.3, 0.4) is 0 Å². The number of hydrogen-bond donors (Lipinski definition) is 0. The Kier molecular flexibility index (Phi) is 4.49. The van der Waals surface area contributed by atoms with Gasteiger partial charge in [-0.1, -0.05) is 27.5 Å². The van der Waals surface area contributed by atoms with Crippen LogP contribution in [0.15, 0.2) is 12.1 Å². The highest BCUT2D eigenvalue weighted by Gasteiger charge is 2.23. The standard InChI is InChI=1S/C9H8BrClFNO3/c1-5(4-10)16-9-7(13(14)15)3-2-6(12)8(9)11/h2-3,5H,4H2,1H3. The molecule has 0 heterocycles. The molecular weight excluding hydrogens is 304 g/mol. The van der Waals surface area contributed by atoms with Gasteiger partial charge in [0.25, 0.3) is 0 Å². The second-order valence-corrected chi connectivity index (χ2v) is 4.07. The molecule has 16 heavy (non-hydrogen) atoms. The van der Waals surface area contributed by atoms with Crippen molar-refractivity contribution in [3.8, 4) is 5.75 Å². The molecule has 0 saturated carbocycles. The van der Waals surface area contributed by atoms with Gasteiger partial charge < -0.3 is 4.74 Å². The lowest BCUT2D eigenvalue weighted by molar-refractivity contribution is -0.386. The first-order valence-corrected chi connectivity index (χ1v) is 5.82. The summed E-state index contributed by atoms with van der Waals surface area (Å²) in [6.45, 7) is 1.68. The summed E-state index contributed by atoms with van der Waals surface area (Å²) in [5, 5.41) is 10.8. The van der Waals surface area contributed by atoms with Gasteiger partial charge in [0.15, 0.2) is 0 Å².